The van der Waals surface area contributed by atoms with Gasteiger partial charge < -0.3 is 0 Å². The Morgan fingerprint density at radius 2 is 1.02 bits per heavy atom. The van der Waals surface area contributed by atoms with E-state index in [-0.39, 0.29) is 25.7 Å². The third-order valence-corrected chi connectivity index (χ3v) is 9.96. The van der Waals surface area contributed by atoms with E-state index < -0.39 is 0 Å². The average molecular weight is 571 g/mol. The fourth-order valence-corrected chi connectivity index (χ4v) is 8.60. The van der Waals surface area contributed by atoms with Crippen LogP contribution in [0.5, 0.6) is 0 Å². The van der Waals surface area contributed by atoms with Gasteiger partial charge in [-0.25, -0.2) is 0 Å². The zero-order valence-corrected chi connectivity index (χ0v) is 24.5. The number of fused-ring (bicyclic) bond motifs is 13. The topological polar surface area (TPSA) is 0 Å². The van der Waals surface area contributed by atoms with E-state index in [1.165, 1.54) is 72.3 Å². The molecule has 8 rings (SSSR count). The van der Waals surface area contributed by atoms with Crippen molar-refractivity contribution in [3.8, 4) is 11.1 Å². The lowest BCUT2D eigenvalue weighted by molar-refractivity contribution is 0.611. The minimum absolute atomic E-state index is 0. The molecule has 0 heterocycles. The molecule has 3 aliphatic rings. The van der Waals surface area contributed by atoms with Gasteiger partial charge in [0.2, 0.25) is 0 Å². The quantitative estimate of drug-likeness (QED) is 0.186. The predicted molar refractivity (Wildman–Crippen MR) is 189 cm³/mol. The van der Waals surface area contributed by atoms with Crippen molar-refractivity contribution < 1.29 is 0 Å². The van der Waals surface area contributed by atoms with Crippen LogP contribution in [0.2, 0.25) is 0 Å². The smallest absolute Gasteiger partial charge is 0.0719 e. The molecule has 3 aliphatic carbocycles. The van der Waals surface area contributed by atoms with Crippen molar-refractivity contribution in [1.82, 2.24) is 0 Å². The van der Waals surface area contributed by atoms with Crippen LogP contribution in [-0.4, -0.2) is 0 Å². The highest BCUT2D eigenvalue weighted by Crippen LogP contribution is 2.67. The maximum atomic E-state index is 4.20. The molecule has 0 amide bonds. The van der Waals surface area contributed by atoms with Gasteiger partial charge in [0.15, 0.2) is 0 Å². The Hall–Kier alpha value is -4.68. The second-order valence-corrected chi connectivity index (χ2v) is 12.2. The molecular formula is C44H42. The third kappa shape index (κ3) is 3.46. The molecule has 0 nitrogen and oxygen atoms in total. The summed E-state index contributed by atoms with van der Waals surface area (Å²) in [5.74, 6) is 0. The number of aryl methyl sites for hydroxylation is 1. The molecule has 2 spiro atoms. The molecule has 0 fully saturated rings. The minimum Gasteiger partial charge on any atom is -0.0961 e. The maximum Gasteiger partial charge on any atom is 0.0719 e. The molecular weight excluding hydrogens is 528 g/mol. The molecule has 0 N–H and O–H groups in total. The lowest BCUT2D eigenvalue weighted by atomic mass is 9.52. The first-order valence-corrected chi connectivity index (χ1v) is 15.1. The lowest BCUT2D eigenvalue weighted by Gasteiger charge is -2.49. The second kappa shape index (κ2) is 10.5. The summed E-state index contributed by atoms with van der Waals surface area (Å²) in [6.07, 6.45) is 5.46. The molecule has 44 heavy (non-hydrogen) atoms. The molecule has 0 radical (unpaired) electrons. The largest absolute Gasteiger partial charge is 0.0961 e. The van der Waals surface area contributed by atoms with Gasteiger partial charge >= 0.3 is 0 Å². The zero-order valence-electron chi connectivity index (χ0n) is 24.5. The monoisotopic (exact) mass is 570 g/mol. The Labute approximate surface area is 264 Å². The van der Waals surface area contributed by atoms with Crippen LogP contribution >= 0.6 is 0 Å². The first-order chi connectivity index (χ1) is 20.5. The fourth-order valence-electron chi connectivity index (χ4n) is 8.60. The van der Waals surface area contributed by atoms with Crippen molar-refractivity contribution in [2.45, 2.75) is 52.9 Å². The first kappa shape index (κ1) is 29.4. The molecule has 0 saturated carbocycles. The molecule has 0 atom stereocenters. The van der Waals surface area contributed by atoms with Crippen molar-refractivity contribution in [3.05, 3.63) is 195 Å². The number of allylic oxidation sites excluding steroid dienone is 5. The van der Waals surface area contributed by atoms with Gasteiger partial charge in [0.1, 0.15) is 0 Å². The first-order valence-electron chi connectivity index (χ1n) is 15.1. The summed E-state index contributed by atoms with van der Waals surface area (Å²) in [7, 11) is 0. The van der Waals surface area contributed by atoms with Crippen LogP contribution in [0.4, 0.5) is 0 Å². The van der Waals surface area contributed by atoms with Crippen LogP contribution in [-0.2, 0) is 10.8 Å². The van der Waals surface area contributed by atoms with Crippen LogP contribution in [0.15, 0.2) is 145 Å². The van der Waals surface area contributed by atoms with Gasteiger partial charge in [-0.15, -0.1) is 0 Å². The Balaban J connectivity index is 0.00000171. The van der Waals surface area contributed by atoms with Gasteiger partial charge in [-0.3, -0.25) is 0 Å². The van der Waals surface area contributed by atoms with Crippen molar-refractivity contribution in [2.75, 3.05) is 0 Å². The summed E-state index contributed by atoms with van der Waals surface area (Å²) in [6.45, 7) is 10.8. The Morgan fingerprint density at radius 1 is 0.591 bits per heavy atom. The van der Waals surface area contributed by atoms with E-state index in [1.807, 2.05) is 0 Å². The summed E-state index contributed by atoms with van der Waals surface area (Å²) in [5, 5.41) is 0. The summed E-state index contributed by atoms with van der Waals surface area (Å²) in [4.78, 5) is 0. The highest BCUT2D eigenvalue weighted by atomic mass is 14.6. The molecule has 5 aromatic rings. The number of benzene rings is 5. The average Bonchev–Trinajstić information content (AvgIpc) is 3.47. The summed E-state index contributed by atoms with van der Waals surface area (Å²) in [5.41, 5.74) is 18.2. The number of hydrogen-bond donors (Lipinski definition) is 0. The maximum absolute atomic E-state index is 4.20. The standard InChI is InChI=1S/C42H34.2CH4/c1-5-33-31(24-22-27(2)3)32-26-28(4)23-25-36(32)41(33)37-18-10-12-20-39(37)42(40-21-13-11-19-38(40)41)34-16-8-6-14-29(34)30-15-7-9-17-35(30)42;;/h6-26H,2,5H2,1,3-4H3;2*1H4/b24-22-;;. The lowest BCUT2D eigenvalue weighted by Crippen LogP contribution is -2.44. The molecule has 218 valence electrons. The van der Waals surface area contributed by atoms with Gasteiger partial charge in [-0.2, -0.15) is 0 Å². The van der Waals surface area contributed by atoms with Gasteiger partial charge in [0, 0.05) is 0 Å². The van der Waals surface area contributed by atoms with Crippen molar-refractivity contribution in [2.24, 2.45) is 0 Å². The number of hydrogen-bond acceptors (Lipinski definition) is 0. The molecule has 5 aromatic carbocycles. The SMILES string of the molecule is C.C.C=C(C)/C=C\C1=C(CC)C2(c3ccc(C)cc31)c1ccccc1C1(c3ccccc3-c3ccccc31)c1ccccc12. The van der Waals surface area contributed by atoms with E-state index in [0.717, 1.165) is 12.0 Å². The third-order valence-electron chi connectivity index (χ3n) is 9.96. The molecule has 0 aromatic heterocycles. The highest BCUT2D eigenvalue weighted by molar-refractivity contribution is 5.95. The Morgan fingerprint density at radius 3 is 1.50 bits per heavy atom. The van der Waals surface area contributed by atoms with Gasteiger partial charge in [-0.05, 0) is 87.0 Å². The van der Waals surface area contributed by atoms with Gasteiger partial charge in [0.25, 0.3) is 0 Å². The minimum atomic E-state index is -0.383. The van der Waals surface area contributed by atoms with Crippen LogP contribution in [0.25, 0.3) is 16.7 Å². The van der Waals surface area contributed by atoms with E-state index in [0.29, 0.717) is 0 Å². The van der Waals surface area contributed by atoms with Crippen LogP contribution < -0.4 is 0 Å². The fraction of sp³-hybridized carbons (Fsp3) is 0.182. The highest BCUT2D eigenvalue weighted by Gasteiger charge is 2.58. The van der Waals surface area contributed by atoms with Crippen molar-refractivity contribution >= 4 is 5.57 Å². The van der Waals surface area contributed by atoms with Crippen LogP contribution in [0.3, 0.4) is 0 Å². The van der Waals surface area contributed by atoms with Crippen LogP contribution in [0.1, 0.15) is 85.2 Å². The predicted octanol–water partition coefficient (Wildman–Crippen LogP) is 11.6. The Kier molecular flexibility index (Phi) is 7.01. The van der Waals surface area contributed by atoms with E-state index in [2.05, 4.69) is 155 Å². The zero-order chi connectivity index (χ0) is 28.6. The normalized spacial score (nSPS) is 15.6. The Bertz CT molecular complexity index is 1920. The molecule has 0 aliphatic heterocycles. The molecule has 0 unspecified atom stereocenters. The summed E-state index contributed by atoms with van der Waals surface area (Å²) < 4.78 is 0. The van der Waals surface area contributed by atoms with E-state index in [9.17, 15) is 0 Å². The second-order valence-electron chi connectivity index (χ2n) is 12.2. The van der Waals surface area contributed by atoms with E-state index >= 15 is 0 Å². The van der Waals surface area contributed by atoms with E-state index in [1.54, 1.807) is 0 Å². The molecule has 0 bridgehead atoms. The van der Waals surface area contributed by atoms with Gasteiger partial charge in [-0.1, -0.05) is 167 Å². The van der Waals surface area contributed by atoms with Crippen molar-refractivity contribution in [1.29, 1.82) is 0 Å². The van der Waals surface area contributed by atoms with Crippen LogP contribution in [0, 0.1) is 6.92 Å². The van der Waals surface area contributed by atoms with Crippen molar-refractivity contribution in [3.63, 3.8) is 0 Å². The number of rotatable bonds is 3. The summed E-state index contributed by atoms with van der Waals surface area (Å²) >= 11 is 0. The molecule has 0 saturated heterocycles. The molecule has 0 heteroatoms. The van der Waals surface area contributed by atoms with Gasteiger partial charge in [0.05, 0.1) is 10.8 Å². The van der Waals surface area contributed by atoms with E-state index in [4.69, 9.17) is 0 Å². The summed E-state index contributed by atoms with van der Waals surface area (Å²) in [6, 6.07) is 43.9.